The van der Waals surface area contributed by atoms with Crippen molar-refractivity contribution in [1.29, 1.82) is 0 Å². The minimum absolute atomic E-state index is 0.00265. The monoisotopic (exact) mass is 330 g/mol. The summed E-state index contributed by atoms with van der Waals surface area (Å²) < 4.78 is 28.8. The van der Waals surface area contributed by atoms with Crippen LogP contribution in [0.3, 0.4) is 0 Å². The van der Waals surface area contributed by atoms with Crippen molar-refractivity contribution >= 4 is 13.4 Å². The van der Waals surface area contributed by atoms with Gasteiger partial charge in [-0.25, -0.2) is 0 Å². The second kappa shape index (κ2) is 8.66. The van der Waals surface area contributed by atoms with Gasteiger partial charge >= 0.3 is 7.60 Å². The summed E-state index contributed by atoms with van der Waals surface area (Å²) in [5, 5.41) is 0. The minimum Gasteiger partial charge on any atom is -0.483 e. The second-order valence-electron chi connectivity index (χ2n) is 5.45. The fourth-order valence-electron chi connectivity index (χ4n) is 2.38. The van der Waals surface area contributed by atoms with E-state index in [2.05, 4.69) is 6.58 Å². The average Bonchev–Trinajstić information content (AvgIpc) is 2.70. The van der Waals surface area contributed by atoms with Crippen molar-refractivity contribution in [2.75, 3.05) is 19.4 Å². The van der Waals surface area contributed by atoms with Crippen LogP contribution in [0.4, 0.5) is 0 Å². The molecule has 0 saturated heterocycles. The van der Waals surface area contributed by atoms with E-state index < -0.39 is 13.2 Å². The molecule has 1 unspecified atom stereocenters. The van der Waals surface area contributed by atoms with E-state index in [9.17, 15) is 9.36 Å². The maximum Gasteiger partial charge on any atom is 0.338 e. The molecule has 0 saturated carbocycles. The average molecular weight is 330 g/mol. The molecule has 1 heterocycles. The summed E-state index contributed by atoms with van der Waals surface area (Å²) in [6, 6.07) is 0. The lowest BCUT2D eigenvalue weighted by molar-refractivity contribution is -0.129. The third-order valence-corrected chi connectivity index (χ3v) is 5.48. The van der Waals surface area contributed by atoms with Gasteiger partial charge in [0.05, 0.1) is 13.2 Å². The lowest BCUT2D eigenvalue weighted by Crippen LogP contribution is -2.32. The van der Waals surface area contributed by atoms with Crippen molar-refractivity contribution in [2.24, 2.45) is 0 Å². The highest BCUT2D eigenvalue weighted by molar-refractivity contribution is 7.54. The Kier molecular flexibility index (Phi) is 7.54. The van der Waals surface area contributed by atoms with Crippen LogP contribution in [0.2, 0.25) is 0 Å². The molecule has 0 amide bonds. The van der Waals surface area contributed by atoms with Crippen LogP contribution >= 0.6 is 7.60 Å². The molecule has 0 aliphatic carbocycles. The van der Waals surface area contributed by atoms with E-state index in [4.69, 9.17) is 13.8 Å². The van der Waals surface area contributed by atoms with Gasteiger partial charge in [0.25, 0.3) is 0 Å². The van der Waals surface area contributed by atoms with E-state index in [0.29, 0.717) is 12.2 Å². The van der Waals surface area contributed by atoms with E-state index in [1.165, 1.54) is 6.08 Å². The molecule has 0 bridgehead atoms. The van der Waals surface area contributed by atoms with Crippen molar-refractivity contribution in [1.82, 2.24) is 0 Å². The summed E-state index contributed by atoms with van der Waals surface area (Å²) in [4.78, 5) is 12.2. The molecular formula is C16H27O5P. The van der Waals surface area contributed by atoms with Crippen LogP contribution in [0.5, 0.6) is 0 Å². The number of hydrogen-bond donors (Lipinski definition) is 0. The molecule has 0 aromatic carbocycles. The molecule has 0 spiro atoms. The van der Waals surface area contributed by atoms with Crippen LogP contribution in [0.1, 0.15) is 46.5 Å². The normalized spacial score (nSPS) is 21.6. The van der Waals surface area contributed by atoms with Gasteiger partial charge in [-0.1, -0.05) is 6.08 Å². The molecule has 0 fully saturated rings. The first kappa shape index (κ1) is 19.1. The molecule has 1 aliphatic rings. The Labute approximate surface area is 133 Å². The first-order valence-corrected chi connectivity index (χ1v) is 9.55. The number of carbonyl (C=O) groups is 1. The maximum absolute atomic E-state index is 12.5. The summed E-state index contributed by atoms with van der Waals surface area (Å²) in [5.41, 5.74) is -0.861. The third-order valence-electron chi connectivity index (χ3n) is 3.48. The highest BCUT2D eigenvalue weighted by Crippen LogP contribution is 2.51. The summed E-state index contributed by atoms with van der Waals surface area (Å²) in [7, 11) is -3.25. The van der Waals surface area contributed by atoms with E-state index >= 15 is 0 Å². The Bertz CT molecular complexity index is 461. The Balaban J connectivity index is 2.64. The minimum atomic E-state index is -3.25. The molecule has 0 aromatic rings. The van der Waals surface area contributed by atoms with E-state index in [0.717, 1.165) is 19.3 Å². The van der Waals surface area contributed by atoms with Gasteiger partial charge in [-0.15, -0.1) is 6.58 Å². The van der Waals surface area contributed by atoms with Crippen LogP contribution in [0.25, 0.3) is 0 Å². The Morgan fingerprint density at radius 3 is 2.50 bits per heavy atom. The summed E-state index contributed by atoms with van der Waals surface area (Å²) in [6.45, 7) is 9.55. The highest BCUT2D eigenvalue weighted by Gasteiger charge is 2.41. The number of rotatable bonds is 11. The maximum atomic E-state index is 12.5. The van der Waals surface area contributed by atoms with Crippen LogP contribution in [-0.2, 0) is 23.1 Å². The zero-order chi connectivity index (χ0) is 16.6. The SMILES string of the molecule is C=CCCCCC1(C)OC(CP(=O)(OCC)OCC)=CC1=O. The van der Waals surface area contributed by atoms with Crippen molar-refractivity contribution in [3.63, 3.8) is 0 Å². The summed E-state index contributed by atoms with van der Waals surface area (Å²) >= 11 is 0. The van der Waals surface area contributed by atoms with Gasteiger partial charge in [0.1, 0.15) is 11.9 Å². The smallest absolute Gasteiger partial charge is 0.338 e. The van der Waals surface area contributed by atoms with Gasteiger partial charge in [-0.3, -0.25) is 9.36 Å². The first-order chi connectivity index (χ1) is 10.4. The lowest BCUT2D eigenvalue weighted by atomic mass is 9.94. The summed E-state index contributed by atoms with van der Waals surface area (Å²) in [6.07, 6.45) is 6.71. The van der Waals surface area contributed by atoms with Crippen molar-refractivity contribution in [2.45, 2.75) is 52.1 Å². The topological polar surface area (TPSA) is 61.8 Å². The Morgan fingerprint density at radius 2 is 1.95 bits per heavy atom. The van der Waals surface area contributed by atoms with Crippen LogP contribution in [0, 0.1) is 0 Å². The molecule has 126 valence electrons. The molecule has 22 heavy (non-hydrogen) atoms. The van der Waals surface area contributed by atoms with E-state index in [1.54, 1.807) is 20.8 Å². The van der Waals surface area contributed by atoms with Gasteiger partial charge < -0.3 is 13.8 Å². The molecule has 1 atom stereocenters. The van der Waals surface area contributed by atoms with Crippen molar-refractivity contribution in [3.05, 3.63) is 24.5 Å². The van der Waals surface area contributed by atoms with Gasteiger partial charge in [0, 0.05) is 6.08 Å². The molecule has 1 aliphatic heterocycles. The quantitative estimate of drug-likeness (QED) is 0.322. The molecule has 6 heteroatoms. The number of unbranched alkanes of at least 4 members (excludes halogenated alkanes) is 2. The number of hydrogen-bond acceptors (Lipinski definition) is 5. The highest BCUT2D eigenvalue weighted by atomic mass is 31.2. The first-order valence-electron chi connectivity index (χ1n) is 7.82. The predicted octanol–water partition coefficient (Wildman–Crippen LogP) is 4.24. The van der Waals surface area contributed by atoms with Gasteiger partial charge in [0.15, 0.2) is 5.60 Å². The van der Waals surface area contributed by atoms with Crippen LogP contribution in [0.15, 0.2) is 24.5 Å². The second-order valence-corrected chi connectivity index (χ2v) is 7.50. The Hall–Kier alpha value is -0.900. The molecule has 0 aromatic heterocycles. The van der Waals surface area contributed by atoms with Crippen LogP contribution < -0.4 is 0 Å². The van der Waals surface area contributed by atoms with Gasteiger partial charge in [0.2, 0.25) is 5.78 Å². The van der Waals surface area contributed by atoms with E-state index in [-0.39, 0.29) is 25.2 Å². The largest absolute Gasteiger partial charge is 0.483 e. The zero-order valence-corrected chi connectivity index (χ0v) is 14.7. The number of ketones is 1. The van der Waals surface area contributed by atoms with Crippen molar-refractivity contribution < 1.29 is 23.1 Å². The fourth-order valence-corrected chi connectivity index (χ4v) is 3.97. The number of carbonyl (C=O) groups excluding carboxylic acids is 1. The lowest BCUT2D eigenvalue weighted by Gasteiger charge is -2.25. The van der Waals surface area contributed by atoms with Crippen molar-refractivity contribution in [3.8, 4) is 0 Å². The zero-order valence-electron chi connectivity index (χ0n) is 13.8. The molecule has 5 nitrogen and oxygen atoms in total. The van der Waals surface area contributed by atoms with Gasteiger partial charge in [-0.2, -0.15) is 0 Å². The number of ether oxygens (including phenoxy) is 1. The Morgan fingerprint density at radius 1 is 1.32 bits per heavy atom. The molecule has 0 radical (unpaired) electrons. The molecule has 0 N–H and O–H groups in total. The molecular weight excluding hydrogens is 303 g/mol. The van der Waals surface area contributed by atoms with Gasteiger partial charge in [-0.05, 0) is 46.5 Å². The summed E-state index contributed by atoms with van der Waals surface area (Å²) in [5.74, 6) is 0.308. The van der Waals surface area contributed by atoms with Crippen LogP contribution in [-0.4, -0.2) is 30.8 Å². The van der Waals surface area contributed by atoms with E-state index in [1.807, 2.05) is 6.08 Å². The standard InChI is InChI=1S/C16H27O5P/c1-5-8-9-10-11-16(4)15(17)12-14(21-16)13-22(18,19-6-2)20-7-3/h5,12H,1,6-11,13H2,2-4H3. The fraction of sp³-hybridized carbons (Fsp3) is 0.688. The molecule has 1 rings (SSSR count). The third kappa shape index (κ3) is 5.38. The predicted molar refractivity (Wildman–Crippen MR) is 87.0 cm³/mol. The number of allylic oxidation sites excluding steroid dienone is 2.